The molecule has 3 aromatic rings. The molecule has 0 spiro atoms. The van der Waals surface area contributed by atoms with Crippen LogP contribution in [-0.2, 0) is 10.0 Å². The van der Waals surface area contributed by atoms with Gasteiger partial charge in [-0.05, 0) is 54.6 Å². The highest BCUT2D eigenvalue weighted by Crippen LogP contribution is 2.33. The first kappa shape index (κ1) is 23.5. The summed E-state index contributed by atoms with van der Waals surface area (Å²) in [4.78, 5) is 12.4. The Morgan fingerprint density at radius 3 is 2.06 bits per heavy atom. The molecule has 0 aliphatic heterocycles. The van der Waals surface area contributed by atoms with Gasteiger partial charge in [-0.2, -0.15) is 0 Å². The first-order valence-corrected chi connectivity index (χ1v) is 11.2. The predicted octanol–water partition coefficient (Wildman–Crippen LogP) is 4.77. The number of nitrogens with one attached hydrogen (secondary N) is 2. The minimum atomic E-state index is -4.06. The molecule has 0 bridgehead atoms. The van der Waals surface area contributed by atoms with E-state index in [0.29, 0.717) is 11.4 Å². The van der Waals surface area contributed by atoms with E-state index >= 15 is 0 Å². The molecule has 0 fully saturated rings. The SMILES string of the molecule is COc1ccc(NS(=O)(=O)c2cc(NC(=O)c3cc(Cl)c(O)c(Cl)c3)ccc2OC)cc1. The number of anilines is 2. The van der Waals surface area contributed by atoms with Crippen LogP contribution in [0.2, 0.25) is 10.0 Å². The van der Waals surface area contributed by atoms with E-state index in [2.05, 4.69) is 10.0 Å². The van der Waals surface area contributed by atoms with Crippen LogP contribution in [0.25, 0.3) is 0 Å². The second-order valence-corrected chi connectivity index (χ2v) is 8.91. The quantitative estimate of drug-likeness (QED) is 0.434. The van der Waals surface area contributed by atoms with Crippen LogP contribution < -0.4 is 19.5 Å². The molecule has 0 saturated heterocycles. The maximum atomic E-state index is 13.0. The smallest absolute Gasteiger partial charge is 0.265 e. The predicted molar refractivity (Wildman–Crippen MR) is 123 cm³/mol. The molecule has 0 aliphatic rings. The van der Waals surface area contributed by atoms with Gasteiger partial charge in [0.05, 0.1) is 24.3 Å². The molecule has 0 heterocycles. The van der Waals surface area contributed by atoms with Crippen LogP contribution in [0, 0.1) is 0 Å². The van der Waals surface area contributed by atoms with E-state index in [1.54, 1.807) is 24.3 Å². The molecule has 32 heavy (non-hydrogen) atoms. The number of methoxy groups -OCH3 is 2. The molecule has 168 valence electrons. The van der Waals surface area contributed by atoms with Gasteiger partial charge in [-0.25, -0.2) is 8.42 Å². The standard InChI is InChI=1S/C21H18Cl2N2O6S/c1-30-15-6-3-13(4-7-15)25-32(28,29)19-11-14(5-8-18(19)31-2)24-21(27)12-9-16(22)20(26)17(23)10-12/h3-11,25-26H,1-2H3,(H,24,27). The number of benzene rings is 3. The number of amides is 1. The lowest BCUT2D eigenvalue weighted by Crippen LogP contribution is -2.16. The molecule has 0 radical (unpaired) electrons. The Bertz CT molecular complexity index is 1240. The van der Waals surface area contributed by atoms with E-state index in [1.165, 1.54) is 44.6 Å². The Hall–Kier alpha value is -3.14. The van der Waals surface area contributed by atoms with E-state index in [4.69, 9.17) is 32.7 Å². The summed E-state index contributed by atoms with van der Waals surface area (Å²) >= 11 is 11.7. The van der Waals surface area contributed by atoms with Gasteiger partial charge in [-0.1, -0.05) is 23.2 Å². The Balaban J connectivity index is 1.89. The minimum Gasteiger partial charge on any atom is -0.505 e. The van der Waals surface area contributed by atoms with Crippen molar-refractivity contribution in [3.63, 3.8) is 0 Å². The van der Waals surface area contributed by atoms with Gasteiger partial charge < -0.3 is 19.9 Å². The molecule has 3 aromatic carbocycles. The first-order chi connectivity index (χ1) is 15.1. The van der Waals surface area contributed by atoms with Crippen LogP contribution in [0.3, 0.4) is 0 Å². The van der Waals surface area contributed by atoms with Gasteiger partial charge in [0, 0.05) is 16.9 Å². The van der Waals surface area contributed by atoms with Crippen molar-refractivity contribution in [2.75, 3.05) is 24.3 Å². The van der Waals surface area contributed by atoms with E-state index < -0.39 is 15.9 Å². The highest BCUT2D eigenvalue weighted by atomic mass is 35.5. The van der Waals surface area contributed by atoms with Gasteiger partial charge >= 0.3 is 0 Å². The van der Waals surface area contributed by atoms with Gasteiger partial charge in [0.25, 0.3) is 15.9 Å². The van der Waals surface area contributed by atoms with Crippen molar-refractivity contribution in [2.45, 2.75) is 4.90 Å². The maximum Gasteiger partial charge on any atom is 0.265 e. The number of carbonyl (C=O) groups excluding carboxylic acids is 1. The van der Waals surface area contributed by atoms with E-state index in [1.807, 2.05) is 0 Å². The number of sulfonamides is 1. The number of ether oxygens (including phenoxy) is 2. The molecule has 0 aromatic heterocycles. The lowest BCUT2D eigenvalue weighted by molar-refractivity contribution is 0.102. The van der Waals surface area contributed by atoms with Crippen molar-refractivity contribution >= 4 is 50.5 Å². The van der Waals surface area contributed by atoms with Crippen molar-refractivity contribution in [3.05, 3.63) is 70.2 Å². The number of aromatic hydroxyl groups is 1. The zero-order valence-corrected chi connectivity index (χ0v) is 19.2. The van der Waals surface area contributed by atoms with E-state index in [-0.39, 0.29) is 37.7 Å². The Morgan fingerprint density at radius 2 is 1.50 bits per heavy atom. The van der Waals surface area contributed by atoms with Gasteiger partial charge in [0.2, 0.25) is 0 Å². The first-order valence-electron chi connectivity index (χ1n) is 8.99. The molecular formula is C21H18Cl2N2O6S. The summed E-state index contributed by atoms with van der Waals surface area (Å²) in [7, 11) is -1.22. The number of hydrogen-bond donors (Lipinski definition) is 3. The third-order valence-electron chi connectivity index (χ3n) is 4.33. The summed E-state index contributed by atoms with van der Waals surface area (Å²) in [6, 6.07) is 12.9. The van der Waals surface area contributed by atoms with Gasteiger partial charge in [-0.3, -0.25) is 9.52 Å². The normalized spacial score (nSPS) is 11.0. The fraction of sp³-hybridized carbons (Fsp3) is 0.0952. The largest absolute Gasteiger partial charge is 0.505 e. The van der Waals surface area contributed by atoms with Gasteiger partial charge in [0.15, 0.2) is 5.75 Å². The van der Waals surface area contributed by atoms with Crippen LogP contribution >= 0.6 is 23.2 Å². The summed E-state index contributed by atoms with van der Waals surface area (Å²) in [6.45, 7) is 0. The summed E-state index contributed by atoms with van der Waals surface area (Å²) in [5.41, 5.74) is 0.580. The Kier molecular flexibility index (Phi) is 7.02. The van der Waals surface area contributed by atoms with E-state index in [0.717, 1.165) is 0 Å². The summed E-state index contributed by atoms with van der Waals surface area (Å²) < 4.78 is 38.6. The summed E-state index contributed by atoms with van der Waals surface area (Å²) in [5, 5.41) is 12.0. The molecule has 0 unspecified atom stereocenters. The monoisotopic (exact) mass is 496 g/mol. The summed E-state index contributed by atoms with van der Waals surface area (Å²) in [5.74, 6) is -0.290. The van der Waals surface area contributed by atoms with Crippen LogP contribution in [0.5, 0.6) is 17.2 Å². The van der Waals surface area contributed by atoms with Gasteiger partial charge in [-0.15, -0.1) is 0 Å². The molecule has 0 atom stereocenters. The lowest BCUT2D eigenvalue weighted by atomic mass is 10.2. The number of phenols is 1. The zero-order chi connectivity index (χ0) is 23.5. The third kappa shape index (κ3) is 5.18. The fourth-order valence-corrected chi connectivity index (χ4v) is 4.48. The number of hydrogen-bond acceptors (Lipinski definition) is 6. The number of halogens is 2. The highest BCUT2D eigenvalue weighted by molar-refractivity contribution is 7.92. The molecule has 3 rings (SSSR count). The average Bonchev–Trinajstić information content (AvgIpc) is 2.77. The van der Waals surface area contributed by atoms with Crippen molar-refractivity contribution in [3.8, 4) is 17.2 Å². The highest BCUT2D eigenvalue weighted by Gasteiger charge is 2.21. The number of carbonyl (C=O) groups is 1. The Labute approximate surface area is 194 Å². The van der Waals surface area contributed by atoms with Crippen LogP contribution in [-0.4, -0.2) is 33.7 Å². The van der Waals surface area contributed by atoms with Crippen molar-refractivity contribution < 1.29 is 27.8 Å². The molecule has 0 aliphatic carbocycles. The van der Waals surface area contributed by atoms with Crippen molar-refractivity contribution in [1.82, 2.24) is 0 Å². The third-order valence-corrected chi connectivity index (χ3v) is 6.31. The number of rotatable bonds is 7. The van der Waals surface area contributed by atoms with Crippen LogP contribution in [0.1, 0.15) is 10.4 Å². The molecule has 11 heteroatoms. The molecule has 1 amide bonds. The lowest BCUT2D eigenvalue weighted by Gasteiger charge is -2.14. The summed E-state index contributed by atoms with van der Waals surface area (Å²) in [6.07, 6.45) is 0. The zero-order valence-electron chi connectivity index (χ0n) is 16.8. The van der Waals surface area contributed by atoms with Gasteiger partial charge in [0.1, 0.15) is 16.4 Å². The average molecular weight is 497 g/mol. The van der Waals surface area contributed by atoms with Crippen molar-refractivity contribution in [1.29, 1.82) is 0 Å². The van der Waals surface area contributed by atoms with Crippen LogP contribution in [0.4, 0.5) is 11.4 Å². The van der Waals surface area contributed by atoms with Crippen molar-refractivity contribution in [2.24, 2.45) is 0 Å². The molecule has 8 nitrogen and oxygen atoms in total. The molecule has 0 saturated carbocycles. The number of phenolic OH excluding ortho intramolecular Hbond substituents is 1. The van der Waals surface area contributed by atoms with Crippen LogP contribution in [0.15, 0.2) is 59.5 Å². The Morgan fingerprint density at radius 1 is 0.906 bits per heavy atom. The van der Waals surface area contributed by atoms with E-state index in [9.17, 15) is 18.3 Å². The fourth-order valence-electron chi connectivity index (χ4n) is 2.73. The second kappa shape index (κ2) is 9.56. The molecular weight excluding hydrogens is 479 g/mol. The minimum absolute atomic E-state index is 0.0781. The second-order valence-electron chi connectivity index (χ2n) is 6.44. The molecule has 3 N–H and O–H groups in total. The maximum absolute atomic E-state index is 13.0. The topological polar surface area (TPSA) is 114 Å².